The molecule has 2 aliphatic carbocycles. The largest absolute Gasteiger partial charge is 0.357 e. The number of amides is 1. The van der Waals surface area contributed by atoms with Crippen molar-refractivity contribution in [2.75, 3.05) is 40.3 Å². The minimum atomic E-state index is -0.266. The van der Waals surface area contributed by atoms with Gasteiger partial charge in [-0.3, -0.25) is 9.79 Å². The molecular weight excluding hydrogens is 300 g/mol. The minimum Gasteiger partial charge on any atom is -0.357 e. The van der Waals surface area contributed by atoms with Crippen molar-refractivity contribution in [1.29, 1.82) is 0 Å². The van der Waals surface area contributed by atoms with Gasteiger partial charge in [-0.05, 0) is 44.4 Å². The lowest BCUT2D eigenvalue weighted by Gasteiger charge is -2.38. The van der Waals surface area contributed by atoms with Gasteiger partial charge in [-0.1, -0.05) is 19.3 Å². The minimum absolute atomic E-state index is 0.261. The fourth-order valence-corrected chi connectivity index (χ4v) is 4.82. The maximum Gasteiger partial charge on any atom is 0.230 e. The van der Waals surface area contributed by atoms with Crippen LogP contribution < -0.4 is 5.32 Å². The third kappa shape index (κ3) is 3.27. The van der Waals surface area contributed by atoms with E-state index in [9.17, 15) is 4.79 Å². The number of nitrogens with zero attached hydrogens (tertiary/aromatic N) is 3. The Morgan fingerprint density at radius 2 is 1.83 bits per heavy atom. The summed E-state index contributed by atoms with van der Waals surface area (Å²) in [6.07, 6.45) is 9.73. The summed E-state index contributed by atoms with van der Waals surface area (Å²) in [7, 11) is 3.75. The van der Waals surface area contributed by atoms with E-state index in [2.05, 4.69) is 17.1 Å². The van der Waals surface area contributed by atoms with Gasteiger partial charge in [-0.25, -0.2) is 0 Å². The van der Waals surface area contributed by atoms with Gasteiger partial charge in [0.1, 0.15) is 0 Å². The fraction of sp³-hybridized carbons (Fsp3) is 0.895. The van der Waals surface area contributed by atoms with Gasteiger partial charge in [0.15, 0.2) is 5.96 Å². The molecule has 1 heterocycles. The lowest BCUT2D eigenvalue weighted by molar-refractivity contribution is -0.138. The van der Waals surface area contributed by atoms with E-state index >= 15 is 0 Å². The van der Waals surface area contributed by atoms with Gasteiger partial charge in [0, 0.05) is 33.7 Å². The molecule has 1 saturated heterocycles. The highest BCUT2D eigenvalue weighted by molar-refractivity contribution is 5.84. The lowest BCUT2D eigenvalue weighted by Crippen LogP contribution is -2.45. The van der Waals surface area contributed by atoms with Gasteiger partial charge in [0.05, 0.1) is 12.0 Å². The second-order valence-corrected chi connectivity index (χ2v) is 8.38. The van der Waals surface area contributed by atoms with Crippen LogP contribution in [-0.4, -0.2) is 61.9 Å². The first kappa shape index (κ1) is 17.6. The Morgan fingerprint density at radius 1 is 1.12 bits per heavy atom. The van der Waals surface area contributed by atoms with Crippen LogP contribution in [0.3, 0.4) is 0 Å². The average Bonchev–Trinajstić information content (AvgIpc) is 3.18. The number of likely N-dealkylation sites (tertiary alicyclic amines) is 1. The van der Waals surface area contributed by atoms with Gasteiger partial charge in [0.25, 0.3) is 0 Å². The molecule has 136 valence electrons. The quantitative estimate of drug-likeness (QED) is 0.635. The summed E-state index contributed by atoms with van der Waals surface area (Å²) in [6.45, 7) is 5.90. The van der Waals surface area contributed by atoms with Gasteiger partial charge in [-0.2, -0.15) is 0 Å². The second-order valence-electron chi connectivity index (χ2n) is 8.38. The number of hydrogen-bond donors (Lipinski definition) is 1. The van der Waals surface area contributed by atoms with Crippen molar-refractivity contribution in [3.8, 4) is 0 Å². The first-order chi connectivity index (χ1) is 11.5. The summed E-state index contributed by atoms with van der Waals surface area (Å²) >= 11 is 0. The van der Waals surface area contributed by atoms with Crippen LogP contribution in [0.25, 0.3) is 0 Å². The molecule has 1 spiro atoms. The zero-order valence-electron chi connectivity index (χ0n) is 15.7. The summed E-state index contributed by atoms with van der Waals surface area (Å²) in [6, 6.07) is 0. The standard InChI is InChI=1S/C19H34N4O/c1-4-20-17(23-13-12-18(15-23)8-7-9-18)21-14-19(10-5-6-11-19)16(24)22(2)3/h4-15H2,1-3H3,(H,20,21). The van der Waals surface area contributed by atoms with E-state index < -0.39 is 0 Å². The topological polar surface area (TPSA) is 47.9 Å². The van der Waals surface area contributed by atoms with Crippen LogP contribution in [0, 0.1) is 10.8 Å². The Labute approximate surface area is 146 Å². The van der Waals surface area contributed by atoms with E-state index in [0.29, 0.717) is 12.0 Å². The average molecular weight is 335 g/mol. The molecule has 3 aliphatic rings. The molecule has 1 amide bonds. The maximum atomic E-state index is 12.7. The van der Waals surface area contributed by atoms with E-state index in [0.717, 1.165) is 51.3 Å². The van der Waals surface area contributed by atoms with Gasteiger partial charge in [0.2, 0.25) is 5.91 Å². The van der Waals surface area contributed by atoms with Crippen molar-refractivity contribution in [1.82, 2.24) is 15.1 Å². The molecule has 0 atom stereocenters. The van der Waals surface area contributed by atoms with E-state index in [1.54, 1.807) is 4.90 Å². The molecule has 0 bridgehead atoms. The predicted octanol–water partition coefficient (Wildman–Crippen LogP) is 2.48. The normalized spacial score (nSPS) is 25.0. The van der Waals surface area contributed by atoms with Crippen molar-refractivity contribution < 1.29 is 4.79 Å². The zero-order valence-corrected chi connectivity index (χ0v) is 15.7. The monoisotopic (exact) mass is 334 g/mol. The summed E-state index contributed by atoms with van der Waals surface area (Å²) < 4.78 is 0. The van der Waals surface area contributed by atoms with E-state index in [1.807, 2.05) is 14.1 Å². The molecule has 3 rings (SSSR count). The number of carbonyl (C=O) groups excluding carboxylic acids is 1. The molecule has 0 aromatic rings. The van der Waals surface area contributed by atoms with Crippen molar-refractivity contribution in [2.24, 2.45) is 15.8 Å². The van der Waals surface area contributed by atoms with Crippen LogP contribution in [0.4, 0.5) is 0 Å². The van der Waals surface area contributed by atoms with Crippen LogP contribution in [0.5, 0.6) is 0 Å². The summed E-state index contributed by atoms with van der Waals surface area (Å²) in [4.78, 5) is 21.9. The smallest absolute Gasteiger partial charge is 0.230 e. The van der Waals surface area contributed by atoms with Crippen LogP contribution in [0.2, 0.25) is 0 Å². The SMILES string of the molecule is CCNC(=NCC1(C(=O)N(C)C)CCCC1)N1CCC2(CCC2)C1. The molecular formula is C19H34N4O. The van der Waals surface area contributed by atoms with Crippen LogP contribution >= 0.6 is 0 Å². The zero-order chi connectivity index (χ0) is 17.2. The number of rotatable bonds is 4. The molecule has 1 N–H and O–H groups in total. The first-order valence-corrected chi connectivity index (χ1v) is 9.75. The molecule has 5 nitrogen and oxygen atoms in total. The molecule has 2 saturated carbocycles. The first-order valence-electron chi connectivity index (χ1n) is 9.75. The molecule has 0 aromatic carbocycles. The molecule has 0 radical (unpaired) electrons. The van der Waals surface area contributed by atoms with Gasteiger partial charge in [-0.15, -0.1) is 0 Å². The van der Waals surface area contributed by atoms with Crippen molar-refractivity contribution in [3.05, 3.63) is 0 Å². The Hall–Kier alpha value is -1.26. The van der Waals surface area contributed by atoms with Gasteiger partial charge < -0.3 is 15.1 Å². The lowest BCUT2D eigenvalue weighted by atomic mass is 9.68. The van der Waals surface area contributed by atoms with Crippen molar-refractivity contribution in [3.63, 3.8) is 0 Å². The highest BCUT2D eigenvalue weighted by atomic mass is 16.2. The van der Waals surface area contributed by atoms with E-state index in [1.165, 1.54) is 25.7 Å². The predicted molar refractivity (Wildman–Crippen MR) is 98.0 cm³/mol. The summed E-state index contributed by atoms with van der Waals surface area (Å²) in [5, 5.41) is 3.47. The third-order valence-corrected chi connectivity index (χ3v) is 6.44. The highest BCUT2D eigenvalue weighted by Crippen LogP contribution is 2.48. The molecule has 0 aromatic heterocycles. The highest BCUT2D eigenvalue weighted by Gasteiger charge is 2.45. The maximum absolute atomic E-state index is 12.7. The third-order valence-electron chi connectivity index (χ3n) is 6.44. The summed E-state index contributed by atoms with van der Waals surface area (Å²) in [5.41, 5.74) is 0.304. The van der Waals surface area contributed by atoms with E-state index in [-0.39, 0.29) is 11.3 Å². The molecule has 0 unspecified atom stereocenters. The van der Waals surface area contributed by atoms with Crippen LogP contribution in [-0.2, 0) is 4.79 Å². The molecule has 24 heavy (non-hydrogen) atoms. The number of carbonyl (C=O) groups is 1. The van der Waals surface area contributed by atoms with Crippen molar-refractivity contribution in [2.45, 2.75) is 58.3 Å². The molecule has 5 heteroatoms. The molecule has 1 aliphatic heterocycles. The van der Waals surface area contributed by atoms with E-state index in [4.69, 9.17) is 4.99 Å². The molecule has 3 fully saturated rings. The Morgan fingerprint density at radius 3 is 2.33 bits per heavy atom. The summed E-state index contributed by atoms with van der Waals surface area (Å²) in [5.74, 6) is 1.29. The Balaban J connectivity index is 1.71. The number of guanidine groups is 1. The number of hydrogen-bond acceptors (Lipinski definition) is 2. The van der Waals surface area contributed by atoms with Crippen LogP contribution in [0.1, 0.15) is 58.3 Å². The number of nitrogens with one attached hydrogen (secondary N) is 1. The second kappa shape index (κ2) is 6.93. The Kier molecular flexibility index (Phi) is 5.07. The van der Waals surface area contributed by atoms with Crippen LogP contribution in [0.15, 0.2) is 4.99 Å². The number of aliphatic imine (C=N–C) groups is 1. The van der Waals surface area contributed by atoms with Crippen molar-refractivity contribution >= 4 is 11.9 Å². The Bertz CT molecular complexity index is 490. The van der Waals surface area contributed by atoms with Gasteiger partial charge >= 0.3 is 0 Å². The fourth-order valence-electron chi connectivity index (χ4n) is 4.82.